The van der Waals surface area contributed by atoms with Crippen molar-refractivity contribution in [3.05, 3.63) is 67.8 Å². The number of ketones is 6. The molecule has 0 bridgehead atoms. The third-order valence-electron chi connectivity index (χ3n) is 7.22. The monoisotopic (exact) mass is 678 g/mol. The maximum absolute atomic E-state index is 12.4. The van der Waals surface area contributed by atoms with Gasteiger partial charge in [0.1, 0.15) is 11.8 Å². The van der Waals surface area contributed by atoms with Crippen molar-refractivity contribution in [2.75, 3.05) is 12.5 Å². The van der Waals surface area contributed by atoms with Crippen molar-refractivity contribution < 1.29 is 55.4 Å². The smallest absolute Gasteiger partial charge is 0.281 e. The second-order valence-corrected chi connectivity index (χ2v) is 14.6. The van der Waals surface area contributed by atoms with Crippen molar-refractivity contribution in [3.63, 3.8) is 0 Å². The van der Waals surface area contributed by atoms with Gasteiger partial charge in [0.25, 0.3) is 11.4 Å². The molecule has 0 spiro atoms. The van der Waals surface area contributed by atoms with E-state index in [4.69, 9.17) is 0 Å². The summed E-state index contributed by atoms with van der Waals surface area (Å²) < 4.78 is 45.9. The van der Waals surface area contributed by atoms with Gasteiger partial charge in [0.15, 0.2) is 54.4 Å². The minimum Gasteiger partial charge on any atom is -0.298 e. The summed E-state index contributed by atoms with van der Waals surface area (Å²) in [4.78, 5) is 91.9. The van der Waals surface area contributed by atoms with Gasteiger partial charge in [-0.3, -0.25) is 49.0 Å². The van der Waals surface area contributed by atoms with Crippen LogP contribution in [0.25, 0.3) is 0 Å². The molecule has 2 aromatic rings. The first-order valence-electron chi connectivity index (χ1n) is 13.4. The molecular formula is C28H26N2O14S2. The van der Waals surface area contributed by atoms with E-state index in [1.165, 1.54) is 0 Å². The Morgan fingerprint density at radius 3 is 1.13 bits per heavy atom. The van der Waals surface area contributed by atoms with Gasteiger partial charge >= 0.3 is 0 Å². The number of Topliss-reactive ketones (excluding diaryl/α,β-unsaturated/α-hetero) is 6. The van der Waals surface area contributed by atoms with Crippen LogP contribution in [0.2, 0.25) is 0 Å². The third-order valence-corrected chi connectivity index (χ3v) is 9.44. The first-order chi connectivity index (χ1) is 21.2. The van der Waals surface area contributed by atoms with E-state index < -0.39 is 98.6 Å². The molecule has 0 aromatic heterocycles. The number of nitro groups is 2. The standard InChI is InChI=1S/2C14H13NO7S/c2*1-23(21,22)8-5-6-9(10(7-8)15(19)20)14(18)13-11(16)3-2-4-12(13)17/h2*5-7,13H,2-4H2,1H3. The number of carbonyl (C=O) groups is 6. The van der Waals surface area contributed by atoms with Gasteiger partial charge in [-0.2, -0.15) is 0 Å². The average Bonchev–Trinajstić information content (AvgIpc) is 2.95. The highest BCUT2D eigenvalue weighted by Crippen LogP contribution is 2.30. The Kier molecular flexibility index (Phi) is 10.6. The van der Waals surface area contributed by atoms with Gasteiger partial charge in [-0.1, -0.05) is 0 Å². The molecule has 0 amide bonds. The molecule has 2 aliphatic rings. The Morgan fingerprint density at radius 2 is 0.891 bits per heavy atom. The van der Waals surface area contributed by atoms with Crippen molar-refractivity contribution in [1.82, 2.24) is 0 Å². The molecule has 244 valence electrons. The van der Waals surface area contributed by atoms with Crippen LogP contribution >= 0.6 is 0 Å². The molecule has 4 rings (SSSR count). The normalized spacial score (nSPS) is 16.4. The zero-order valence-electron chi connectivity index (χ0n) is 24.3. The first-order valence-corrected chi connectivity index (χ1v) is 17.2. The van der Waals surface area contributed by atoms with E-state index >= 15 is 0 Å². The van der Waals surface area contributed by atoms with Gasteiger partial charge in [0, 0.05) is 50.3 Å². The summed E-state index contributed by atoms with van der Waals surface area (Å²) in [5.74, 6) is -7.23. The lowest BCUT2D eigenvalue weighted by Gasteiger charge is -2.18. The van der Waals surface area contributed by atoms with E-state index in [-0.39, 0.29) is 35.5 Å². The SMILES string of the molecule is CS(=O)(=O)c1ccc(C(=O)C2C(=O)CCCC2=O)c([N+](=O)[O-])c1.CS(=O)(=O)c1ccc(C(=O)C2C(=O)CCCC2=O)c([N+](=O)[O-])c1. The van der Waals surface area contributed by atoms with E-state index in [2.05, 4.69) is 0 Å². The highest BCUT2D eigenvalue weighted by atomic mass is 32.2. The lowest BCUT2D eigenvalue weighted by molar-refractivity contribution is -0.385. The summed E-state index contributed by atoms with van der Waals surface area (Å²) in [5.41, 5.74) is -2.33. The van der Waals surface area contributed by atoms with E-state index in [0.29, 0.717) is 12.8 Å². The summed E-state index contributed by atoms with van der Waals surface area (Å²) >= 11 is 0. The molecular weight excluding hydrogens is 652 g/mol. The molecule has 18 heteroatoms. The molecule has 0 radical (unpaired) electrons. The molecule has 0 aliphatic heterocycles. The molecule has 2 aromatic carbocycles. The van der Waals surface area contributed by atoms with Crippen LogP contribution in [0.15, 0.2) is 46.2 Å². The minimum atomic E-state index is -3.70. The maximum Gasteiger partial charge on any atom is 0.281 e. The molecule has 0 unspecified atom stereocenters. The van der Waals surface area contributed by atoms with E-state index in [1.54, 1.807) is 0 Å². The second-order valence-electron chi connectivity index (χ2n) is 10.6. The fourth-order valence-electron chi connectivity index (χ4n) is 4.91. The number of nitrogens with zero attached hydrogens (tertiary/aromatic N) is 2. The van der Waals surface area contributed by atoms with Crippen LogP contribution in [0, 0.1) is 32.1 Å². The molecule has 2 aliphatic carbocycles. The first kappa shape index (κ1) is 35.6. The summed E-state index contributed by atoms with van der Waals surface area (Å²) in [6.45, 7) is 0. The van der Waals surface area contributed by atoms with Crippen LogP contribution in [-0.4, -0.2) is 73.9 Å². The van der Waals surface area contributed by atoms with Crippen molar-refractivity contribution in [2.24, 2.45) is 11.8 Å². The van der Waals surface area contributed by atoms with Crippen molar-refractivity contribution >= 4 is 65.7 Å². The van der Waals surface area contributed by atoms with Gasteiger partial charge in [0.2, 0.25) is 0 Å². The van der Waals surface area contributed by atoms with Crippen molar-refractivity contribution in [3.8, 4) is 0 Å². The quantitative estimate of drug-likeness (QED) is 0.168. The fraction of sp³-hybridized carbons (Fsp3) is 0.357. The Bertz CT molecular complexity index is 1760. The van der Waals surface area contributed by atoms with Gasteiger partial charge in [-0.15, -0.1) is 0 Å². The van der Waals surface area contributed by atoms with Gasteiger partial charge in [-0.05, 0) is 37.1 Å². The van der Waals surface area contributed by atoms with Crippen LogP contribution in [-0.2, 0) is 38.9 Å². The van der Waals surface area contributed by atoms with Gasteiger partial charge < -0.3 is 0 Å². The van der Waals surface area contributed by atoms with E-state index in [0.717, 1.165) is 48.9 Å². The summed E-state index contributed by atoms with van der Waals surface area (Å²) in [6, 6.07) is 5.58. The number of rotatable bonds is 8. The lowest BCUT2D eigenvalue weighted by atomic mass is 9.81. The van der Waals surface area contributed by atoms with Crippen LogP contribution in [0.5, 0.6) is 0 Å². The fourth-order valence-corrected chi connectivity index (χ4v) is 6.19. The van der Waals surface area contributed by atoms with Crippen molar-refractivity contribution in [1.29, 1.82) is 0 Å². The average molecular weight is 679 g/mol. The zero-order chi connectivity index (χ0) is 34.7. The third kappa shape index (κ3) is 7.86. The molecule has 0 N–H and O–H groups in total. The maximum atomic E-state index is 12.4. The number of hydrogen-bond acceptors (Lipinski definition) is 14. The second kappa shape index (κ2) is 13.7. The number of nitro benzene ring substituents is 2. The van der Waals surface area contributed by atoms with Gasteiger partial charge in [0.05, 0.1) is 30.8 Å². The van der Waals surface area contributed by atoms with Crippen LogP contribution in [0.3, 0.4) is 0 Å². The number of carbonyl (C=O) groups excluding carboxylic acids is 6. The Balaban J connectivity index is 0.000000250. The van der Waals surface area contributed by atoms with Crippen LogP contribution < -0.4 is 0 Å². The largest absolute Gasteiger partial charge is 0.298 e. The lowest BCUT2D eigenvalue weighted by Crippen LogP contribution is -2.35. The molecule has 0 saturated heterocycles. The van der Waals surface area contributed by atoms with Crippen LogP contribution in [0.4, 0.5) is 11.4 Å². The van der Waals surface area contributed by atoms with E-state index in [1.807, 2.05) is 0 Å². The van der Waals surface area contributed by atoms with Crippen molar-refractivity contribution in [2.45, 2.75) is 48.3 Å². The molecule has 0 atom stereocenters. The van der Waals surface area contributed by atoms with Crippen LogP contribution in [0.1, 0.15) is 59.2 Å². The Hall–Kier alpha value is -4.84. The van der Waals surface area contributed by atoms with Gasteiger partial charge in [-0.25, -0.2) is 16.8 Å². The number of benzene rings is 2. The predicted molar refractivity (Wildman–Crippen MR) is 156 cm³/mol. The highest BCUT2D eigenvalue weighted by molar-refractivity contribution is 7.91. The topological polar surface area (TPSA) is 257 Å². The summed E-state index contributed by atoms with van der Waals surface area (Å²) in [5, 5.41) is 22.3. The predicted octanol–water partition coefficient (Wildman–Crippen LogP) is 2.24. The number of sulfone groups is 2. The highest BCUT2D eigenvalue weighted by Gasteiger charge is 2.40. The summed E-state index contributed by atoms with van der Waals surface area (Å²) in [6.07, 6.45) is 2.74. The molecule has 0 heterocycles. The minimum absolute atomic E-state index is 0.0668. The van der Waals surface area contributed by atoms with E-state index in [9.17, 15) is 65.8 Å². The Morgan fingerprint density at radius 1 is 0.609 bits per heavy atom. The number of hydrogen-bond donors (Lipinski definition) is 0. The molecule has 46 heavy (non-hydrogen) atoms. The summed E-state index contributed by atoms with van der Waals surface area (Å²) in [7, 11) is -7.39. The Labute approximate surface area is 261 Å². The molecule has 2 fully saturated rings. The zero-order valence-corrected chi connectivity index (χ0v) is 25.9. The molecule has 16 nitrogen and oxygen atoms in total. The molecule has 2 saturated carbocycles.